The Kier molecular flexibility index (Phi) is 9.70. The molecule has 4 nitrogen and oxygen atoms in total. The zero-order chi connectivity index (χ0) is 30.5. The van der Waals surface area contributed by atoms with Gasteiger partial charge in [0.15, 0.2) is 5.75 Å². The van der Waals surface area contributed by atoms with E-state index in [0.717, 1.165) is 50.0 Å². The van der Waals surface area contributed by atoms with Crippen molar-refractivity contribution in [2.75, 3.05) is 26.7 Å². The molecule has 1 fully saturated rings. The number of nitrogens with zero attached hydrogens (tertiary/aromatic N) is 1. The lowest BCUT2D eigenvalue weighted by Gasteiger charge is -2.43. The van der Waals surface area contributed by atoms with Crippen LogP contribution in [0, 0.1) is 11.7 Å². The molecule has 1 atom stereocenters. The molecule has 0 spiro atoms. The first-order valence-electron chi connectivity index (χ1n) is 15.3. The second kappa shape index (κ2) is 13.5. The van der Waals surface area contributed by atoms with E-state index in [9.17, 15) is 9.50 Å². The third kappa shape index (κ3) is 6.72. The van der Waals surface area contributed by atoms with Crippen molar-refractivity contribution in [3.05, 3.63) is 120 Å². The topological polar surface area (TPSA) is 41.9 Å². The van der Waals surface area contributed by atoms with Crippen LogP contribution in [0.2, 0.25) is 5.04 Å². The Morgan fingerprint density at radius 3 is 1.95 bits per heavy atom. The summed E-state index contributed by atoms with van der Waals surface area (Å²) in [6, 6.07) is 33.8. The van der Waals surface area contributed by atoms with Gasteiger partial charge >= 0.3 is 8.32 Å². The molecule has 0 amide bonds. The third-order valence-electron chi connectivity index (χ3n) is 8.92. The highest BCUT2D eigenvalue weighted by atomic mass is 28.4. The SMILES string of the molecule is COc1c(O[Si](c2ccccc2)(c2ccccc2)C(C)(C)C)cccc1C(O)C1CCN(CCc2ccc(F)cc2)CC1. The summed E-state index contributed by atoms with van der Waals surface area (Å²) in [5.74, 6) is 1.21. The van der Waals surface area contributed by atoms with Crippen LogP contribution in [0.25, 0.3) is 0 Å². The van der Waals surface area contributed by atoms with Crippen molar-refractivity contribution in [1.82, 2.24) is 4.90 Å². The molecule has 1 heterocycles. The number of aliphatic hydroxyl groups is 1. The van der Waals surface area contributed by atoms with E-state index in [1.807, 2.05) is 42.5 Å². The largest absolute Gasteiger partial charge is 0.531 e. The van der Waals surface area contributed by atoms with Gasteiger partial charge in [-0.1, -0.05) is 106 Å². The summed E-state index contributed by atoms with van der Waals surface area (Å²) < 4.78 is 26.6. The van der Waals surface area contributed by atoms with E-state index in [4.69, 9.17) is 9.16 Å². The van der Waals surface area contributed by atoms with Gasteiger partial charge in [0, 0.05) is 12.1 Å². The van der Waals surface area contributed by atoms with Crippen molar-refractivity contribution < 1.29 is 18.7 Å². The maximum atomic E-state index is 13.3. The van der Waals surface area contributed by atoms with Gasteiger partial charge in [0.2, 0.25) is 0 Å². The van der Waals surface area contributed by atoms with E-state index in [1.54, 1.807) is 7.11 Å². The molecule has 5 rings (SSSR count). The van der Waals surface area contributed by atoms with Gasteiger partial charge in [-0.15, -0.1) is 0 Å². The van der Waals surface area contributed by atoms with Crippen LogP contribution in [0.1, 0.15) is 50.8 Å². The number of para-hydroxylation sites is 1. The highest BCUT2D eigenvalue weighted by Crippen LogP contribution is 2.44. The molecule has 0 aromatic heterocycles. The van der Waals surface area contributed by atoms with Gasteiger partial charge < -0.3 is 19.2 Å². The summed E-state index contributed by atoms with van der Waals surface area (Å²) in [6.45, 7) is 9.54. The van der Waals surface area contributed by atoms with Gasteiger partial charge in [-0.2, -0.15) is 0 Å². The van der Waals surface area contributed by atoms with Gasteiger partial charge in [0.1, 0.15) is 11.6 Å². The van der Waals surface area contributed by atoms with Crippen molar-refractivity contribution in [2.24, 2.45) is 5.92 Å². The monoisotopic (exact) mass is 597 g/mol. The average Bonchev–Trinajstić information content (AvgIpc) is 3.03. The van der Waals surface area contributed by atoms with E-state index < -0.39 is 14.4 Å². The Labute approximate surface area is 257 Å². The molecule has 0 saturated carbocycles. The molecular formula is C37H44FNO3Si. The summed E-state index contributed by atoms with van der Waals surface area (Å²) >= 11 is 0. The number of likely N-dealkylation sites (tertiary alicyclic amines) is 1. The highest BCUT2D eigenvalue weighted by molar-refractivity contribution is 7.00. The first kappa shape index (κ1) is 31.0. The Morgan fingerprint density at radius 1 is 0.837 bits per heavy atom. The van der Waals surface area contributed by atoms with Crippen LogP contribution >= 0.6 is 0 Å². The quantitative estimate of drug-likeness (QED) is 0.205. The fourth-order valence-corrected chi connectivity index (χ4v) is 11.0. The first-order chi connectivity index (χ1) is 20.7. The average molecular weight is 598 g/mol. The predicted octanol–water partition coefficient (Wildman–Crippen LogP) is 6.76. The normalized spacial score (nSPS) is 15.7. The summed E-state index contributed by atoms with van der Waals surface area (Å²) in [4.78, 5) is 2.44. The summed E-state index contributed by atoms with van der Waals surface area (Å²) in [5.41, 5.74) is 1.92. The molecule has 1 saturated heterocycles. The van der Waals surface area contributed by atoms with Crippen molar-refractivity contribution in [2.45, 2.75) is 51.2 Å². The minimum absolute atomic E-state index is 0.124. The van der Waals surface area contributed by atoms with E-state index >= 15 is 0 Å². The van der Waals surface area contributed by atoms with Gasteiger partial charge in [0.05, 0.1) is 13.2 Å². The zero-order valence-corrected chi connectivity index (χ0v) is 26.8. The van der Waals surface area contributed by atoms with E-state index in [0.29, 0.717) is 11.5 Å². The molecule has 1 aliphatic heterocycles. The number of methoxy groups -OCH3 is 1. The number of hydrogen-bond acceptors (Lipinski definition) is 4. The number of aliphatic hydroxyl groups excluding tert-OH is 1. The van der Waals surface area contributed by atoms with Crippen LogP contribution in [-0.4, -0.2) is 45.1 Å². The number of halogens is 1. The molecule has 4 aromatic carbocycles. The Bertz CT molecular complexity index is 1410. The molecule has 226 valence electrons. The maximum Gasteiger partial charge on any atom is 0.320 e. The lowest BCUT2D eigenvalue weighted by atomic mass is 9.87. The molecule has 0 bridgehead atoms. The van der Waals surface area contributed by atoms with Crippen LogP contribution in [0.4, 0.5) is 4.39 Å². The Balaban J connectivity index is 1.38. The molecule has 1 N–H and O–H groups in total. The van der Waals surface area contributed by atoms with Crippen molar-refractivity contribution in [3.63, 3.8) is 0 Å². The molecule has 6 heteroatoms. The van der Waals surface area contributed by atoms with E-state index in [1.165, 1.54) is 22.5 Å². The number of piperidine rings is 1. The second-order valence-corrected chi connectivity index (χ2v) is 16.9. The third-order valence-corrected chi connectivity index (χ3v) is 13.9. The molecule has 0 aliphatic carbocycles. The Morgan fingerprint density at radius 2 is 1.42 bits per heavy atom. The molecular weight excluding hydrogens is 553 g/mol. The van der Waals surface area contributed by atoms with Gasteiger partial charge in [0.25, 0.3) is 0 Å². The van der Waals surface area contributed by atoms with Crippen molar-refractivity contribution >= 4 is 18.7 Å². The lowest BCUT2D eigenvalue weighted by Crippen LogP contribution is -2.68. The smallest absolute Gasteiger partial charge is 0.320 e. The minimum Gasteiger partial charge on any atom is -0.531 e. The van der Waals surface area contributed by atoms with Crippen LogP contribution in [-0.2, 0) is 6.42 Å². The second-order valence-electron chi connectivity index (χ2n) is 12.6. The molecule has 1 aliphatic rings. The maximum absolute atomic E-state index is 13.3. The van der Waals surface area contributed by atoms with E-state index in [-0.39, 0.29) is 16.8 Å². The van der Waals surface area contributed by atoms with Crippen molar-refractivity contribution in [1.29, 1.82) is 0 Å². The van der Waals surface area contributed by atoms with Crippen LogP contribution in [0.15, 0.2) is 103 Å². The highest BCUT2D eigenvalue weighted by Gasteiger charge is 2.52. The van der Waals surface area contributed by atoms with Gasteiger partial charge in [-0.05, 0) is 77.4 Å². The summed E-state index contributed by atoms with van der Waals surface area (Å²) in [7, 11) is -1.21. The molecule has 0 radical (unpaired) electrons. The Hall–Kier alpha value is -3.45. The fourth-order valence-electron chi connectivity index (χ4n) is 6.56. The fraction of sp³-hybridized carbons (Fsp3) is 0.351. The van der Waals surface area contributed by atoms with Crippen LogP contribution in [0.5, 0.6) is 11.5 Å². The summed E-state index contributed by atoms with van der Waals surface area (Å²) in [6.07, 6.45) is 2.03. The number of ether oxygens (including phenoxy) is 1. The summed E-state index contributed by atoms with van der Waals surface area (Å²) in [5, 5.41) is 13.9. The first-order valence-corrected chi connectivity index (χ1v) is 17.3. The van der Waals surface area contributed by atoms with Crippen LogP contribution < -0.4 is 19.5 Å². The van der Waals surface area contributed by atoms with Crippen LogP contribution in [0.3, 0.4) is 0 Å². The lowest BCUT2D eigenvalue weighted by molar-refractivity contribution is 0.0573. The van der Waals surface area contributed by atoms with Gasteiger partial charge in [-0.3, -0.25) is 0 Å². The standard InChI is InChI=1S/C37H44FNO3Si/c1-37(2,3)43(31-12-7-5-8-13-31,32-14-9-6-10-15-32)42-34-17-11-16-33(36(34)41-4)35(40)29-23-26-39(27-24-29)25-22-28-18-20-30(38)21-19-28/h5-21,29,35,40H,22-27H2,1-4H3. The number of rotatable bonds is 10. The number of benzene rings is 4. The molecule has 43 heavy (non-hydrogen) atoms. The van der Waals surface area contributed by atoms with E-state index in [2.05, 4.69) is 74.2 Å². The molecule has 1 unspecified atom stereocenters. The molecule has 4 aromatic rings. The van der Waals surface area contributed by atoms with Gasteiger partial charge in [-0.25, -0.2) is 4.39 Å². The zero-order valence-electron chi connectivity index (χ0n) is 25.8. The number of hydrogen-bond donors (Lipinski definition) is 1. The predicted molar refractivity (Wildman–Crippen MR) is 175 cm³/mol. The van der Waals surface area contributed by atoms with Crippen molar-refractivity contribution in [3.8, 4) is 11.5 Å². The minimum atomic E-state index is -2.87.